The molecular weight excluding hydrogens is 491 g/mol. The standard InChI is InChI=1S/2C6H7N.2NO3.Pt/c2*1-6-2-4-7-5-3-6;2*2-1(3)4;/h2*2-5H,1H3;;;/q;;2*-1;+2. The van der Waals surface area contributed by atoms with Crippen molar-refractivity contribution in [1.29, 1.82) is 0 Å². The molecular formula is C12H14N4O6Pt. The van der Waals surface area contributed by atoms with Gasteiger partial charge in [0, 0.05) is 24.8 Å². The Labute approximate surface area is 146 Å². The Morgan fingerprint density at radius 2 is 0.870 bits per heavy atom. The van der Waals surface area contributed by atoms with Crippen LogP contribution in [0.15, 0.2) is 49.1 Å². The van der Waals surface area contributed by atoms with E-state index in [2.05, 4.69) is 9.97 Å². The fourth-order valence-corrected chi connectivity index (χ4v) is 0.853. The van der Waals surface area contributed by atoms with E-state index in [-0.39, 0.29) is 21.1 Å². The molecule has 0 atom stereocenters. The summed E-state index contributed by atoms with van der Waals surface area (Å²) < 4.78 is 0. The maximum atomic E-state index is 8.25. The molecule has 0 saturated heterocycles. The first kappa shape index (κ1) is 25.3. The van der Waals surface area contributed by atoms with Crippen molar-refractivity contribution < 1.29 is 31.2 Å². The molecule has 0 aromatic carbocycles. The van der Waals surface area contributed by atoms with Gasteiger partial charge < -0.3 is 30.6 Å². The summed E-state index contributed by atoms with van der Waals surface area (Å²) in [6.45, 7) is 4.09. The largest absolute Gasteiger partial charge is 2.00 e. The predicted molar refractivity (Wildman–Crippen MR) is 78.7 cm³/mol. The molecule has 0 N–H and O–H groups in total. The van der Waals surface area contributed by atoms with Crippen molar-refractivity contribution in [2.24, 2.45) is 0 Å². The molecule has 23 heavy (non-hydrogen) atoms. The van der Waals surface area contributed by atoms with Gasteiger partial charge in [-0.3, -0.25) is 9.97 Å². The van der Waals surface area contributed by atoms with Crippen LogP contribution in [0, 0.1) is 44.5 Å². The van der Waals surface area contributed by atoms with Gasteiger partial charge in [-0.1, -0.05) is 0 Å². The first-order valence-electron chi connectivity index (χ1n) is 5.62. The van der Waals surface area contributed by atoms with E-state index in [1.54, 1.807) is 24.8 Å². The van der Waals surface area contributed by atoms with Crippen LogP contribution in [0.25, 0.3) is 0 Å². The molecule has 0 fully saturated rings. The van der Waals surface area contributed by atoms with E-state index < -0.39 is 10.2 Å². The molecule has 0 unspecified atom stereocenters. The molecule has 2 aromatic rings. The zero-order chi connectivity index (χ0) is 17.4. The van der Waals surface area contributed by atoms with Crippen molar-refractivity contribution in [3.63, 3.8) is 0 Å². The number of hydrogen-bond donors (Lipinski definition) is 0. The van der Waals surface area contributed by atoms with Gasteiger partial charge >= 0.3 is 21.1 Å². The number of pyridine rings is 2. The van der Waals surface area contributed by atoms with E-state index in [0.717, 1.165) is 0 Å². The number of hydrogen-bond acceptors (Lipinski definition) is 8. The molecule has 128 valence electrons. The molecule has 0 bridgehead atoms. The zero-order valence-corrected chi connectivity index (χ0v) is 14.4. The molecule has 10 nitrogen and oxygen atoms in total. The summed E-state index contributed by atoms with van der Waals surface area (Å²) in [7, 11) is 0. The van der Waals surface area contributed by atoms with Gasteiger partial charge in [0.15, 0.2) is 0 Å². The second-order valence-electron chi connectivity index (χ2n) is 3.50. The van der Waals surface area contributed by atoms with E-state index in [0.29, 0.717) is 0 Å². The Balaban J connectivity index is -0.000000238. The Hall–Kier alpha value is -2.61. The van der Waals surface area contributed by atoms with E-state index in [1.165, 1.54) is 11.1 Å². The number of aryl methyl sites for hydroxylation is 2. The van der Waals surface area contributed by atoms with Crippen molar-refractivity contribution in [2.75, 3.05) is 0 Å². The predicted octanol–water partition coefficient (Wildman–Crippen LogP) is 2.30. The maximum Gasteiger partial charge on any atom is 2.00 e. The third kappa shape index (κ3) is 32.7. The summed E-state index contributed by atoms with van der Waals surface area (Å²) in [6.07, 6.45) is 7.15. The Morgan fingerprint density at radius 1 is 0.696 bits per heavy atom. The molecule has 2 heterocycles. The van der Waals surface area contributed by atoms with E-state index in [9.17, 15) is 0 Å². The minimum absolute atomic E-state index is 0. The molecule has 0 aliphatic carbocycles. The summed E-state index contributed by atoms with van der Waals surface area (Å²) in [5.74, 6) is 0. The fraction of sp³-hybridized carbons (Fsp3) is 0.167. The summed E-state index contributed by atoms with van der Waals surface area (Å²) in [5, 5.41) is 29.5. The first-order chi connectivity index (χ1) is 10.3. The Bertz CT molecular complexity index is 472. The second-order valence-corrected chi connectivity index (χ2v) is 3.50. The topological polar surface area (TPSA) is 158 Å². The van der Waals surface area contributed by atoms with Crippen molar-refractivity contribution >= 4 is 0 Å². The monoisotopic (exact) mass is 505 g/mol. The summed E-state index contributed by atoms with van der Waals surface area (Å²) >= 11 is 0. The number of nitrogens with zero attached hydrogens (tertiary/aromatic N) is 4. The third-order valence-corrected chi connectivity index (χ3v) is 1.69. The van der Waals surface area contributed by atoms with Crippen LogP contribution < -0.4 is 0 Å². The van der Waals surface area contributed by atoms with Crippen molar-refractivity contribution in [3.05, 3.63) is 90.8 Å². The molecule has 0 spiro atoms. The SMILES string of the molecule is Cc1ccncc1.Cc1ccncc1.O=[N+]([O-])[O-].O=[N+]([O-])[O-].[Pt+2]. The third-order valence-electron chi connectivity index (χ3n) is 1.69. The average Bonchev–Trinajstić information content (AvgIpc) is 2.40. The van der Waals surface area contributed by atoms with Crippen LogP contribution in [0.2, 0.25) is 0 Å². The molecule has 0 saturated carbocycles. The van der Waals surface area contributed by atoms with Gasteiger partial charge in [-0.25, -0.2) is 0 Å². The van der Waals surface area contributed by atoms with E-state index in [1.807, 2.05) is 38.1 Å². The minimum Gasteiger partial charge on any atom is -0.356 e. The van der Waals surface area contributed by atoms with Crippen LogP contribution in [-0.2, 0) is 21.1 Å². The van der Waals surface area contributed by atoms with Crippen LogP contribution in [0.1, 0.15) is 11.1 Å². The number of rotatable bonds is 0. The van der Waals surface area contributed by atoms with Gasteiger partial charge in [-0.05, 0) is 49.2 Å². The maximum absolute atomic E-state index is 8.25. The quantitative estimate of drug-likeness (QED) is 0.390. The van der Waals surface area contributed by atoms with Crippen molar-refractivity contribution in [2.45, 2.75) is 13.8 Å². The second kappa shape index (κ2) is 17.4. The van der Waals surface area contributed by atoms with Gasteiger partial charge in [0.2, 0.25) is 0 Å². The molecule has 0 radical (unpaired) electrons. The fourth-order valence-electron chi connectivity index (χ4n) is 0.853. The van der Waals surface area contributed by atoms with Crippen LogP contribution in [0.5, 0.6) is 0 Å². The van der Waals surface area contributed by atoms with Gasteiger partial charge in [-0.2, -0.15) is 0 Å². The number of aromatic nitrogens is 2. The Morgan fingerprint density at radius 3 is 0.957 bits per heavy atom. The summed E-state index contributed by atoms with van der Waals surface area (Å²) in [6, 6.07) is 7.89. The van der Waals surface area contributed by atoms with Crippen molar-refractivity contribution in [1.82, 2.24) is 9.97 Å². The zero-order valence-electron chi connectivity index (χ0n) is 12.2. The molecule has 2 aromatic heterocycles. The Kier molecular flexibility index (Phi) is 19.2. The first-order valence-corrected chi connectivity index (χ1v) is 5.62. The van der Waals surface area contributed by atoms with Gasteiger partial charge in [0.1, 0.15) is 0 Å². The van der Waals surface area contributed by atoms with Crippen LogP contribution in [0.4, 0.5) is 0 Å². The van der Waals surface area contributed by atoms with E-state index in [4.69, 9.17) is 30.6 Å². The molecule has 2 rings (SSSR count). The smallest absolute Gasteiger partial charge is 0.356 e. The van der Waals surface area contributed by atoms with Crippen molar-refractivity contribution in [3.8, 4) is 0 Å². The molecule has 0 amide bonds. The molecule has 0 aliphatic rings. The minimum atomic E-state index is -1.75. The van der Waals surface area contributed by atoms with Gasteiger partial charge in [0.05, 0.1) is 10.2 Å². The van der Waals surface area contributed by atoms with Crippen LogP contribution in [-0.4, -0.2) is 20.1 Å². The molecule has 11 heteroatoms. The van der Waals surface area contributed by atoms with E-state index >= 15 is 0 Å². The van der Waals surface area contributed by atoms with Gasteiger partial charge in [-0.15, -0.1) is 0 Å². The summed E-state index contributed by atoms with van der Waals surface area (Å²) in [4.78, 5) is 24.2. The average molecular weight is 505 g/mol. The van der Waals surface area contributed by atoms with Crippen LogP contribution >= 0.6 is 0 Å². The molecule has 0 aliphatic heterocycles. The van der Waals surface area contributed by atoms with Gasteiger partial charge in [0.25, 0.3) is 0 Å². The van der Waals surface area contributed by atoms with Crippen LogP contribution in [0.3, 0.4) is 0 Å². The summed E-state index contributed by atoms with van der Waals surface area (Å²) in [5.41, 5.74) is 2.52. The normalized spacial score (nSPS) is 7.39.